The molecule has 1 amide bonds. The number of para-hydroxylation sites is 1. The number of aryl methyl sites for hydroxylation is 3. The molecule has 0 radical (unpaired) electrons. The Morgan fingerprint density at radius 3 is 2.58 bits per heavy atom. The number of aromatic hydroxyl groups is 1. The fourth-order valence-electron chi connectivity index (χ4n) is 2.28. The number of rotatable bonds is 5. The van der Waals surface area contributed by atoms with E-state index in [1.807, 2.05) is 39.0 Å². The van der Waals surface area contributed by atoms with E-state index in [1.165, 1.54) is 6.21 Å². The third-order valence-electron chi connectivity index (χ3n) is 3.88. The van der Waals surface area contributed by atoms with Crippen molar-refractivity contribution in [1.82, 2.24) is 5.43 Å². The largest absolute Gasteiger partial charge is 0.507 e. The van der Waals surface area contributed by atoms with Crippen molar-refractivity contribution in [1.29, 1.82) is 0 Å². The van der Waals surface area contributed by atoms with Crippen molar-refractivity contribution >= 4 is 12.1 Å². The molecule has 0 aliphatic carbocycles. The average molecular weight is 326 g/mol. The van der Waals surface area contributed by atoms with Gasteiger partial charge in [-0.1, -0.05) is 24.3 Å². The van der Waals surface area contributed by atoms with Crippen LogP contribution in [0.15, 0.2) is 35.4 Å². The highest BCUT2D eigenvalue weighted by atomic mass is 16.5. The molecule has 0 unspecified atom stereocenters. The zero-order valence-electron chi connectivity index (χ0n) is 14.4. The van der Waals surface area contributed by atoms with Gasteiger partial charge in [0.25, 0.3) is 5.91 Å². The van der Waals surface area contributed by atoms with Gasteiger partial charge in [0.15, 0.2) is 6.61 Å². The zero-order chi connectivity index (χ0) is 17.7. The van der Waals surface area contributed by atoms with Crippen molar-refractivity contribution in [3.8, 4) is 11.5 Å². The van der Waals surface area contributed by atoms with Crippen LogP contribution in [0, 0.1) is 27.7 Å². The molecule has 0 heterocycles. The molecule has 2 N–H and O–H groups in total. The van der Waals surface area contributed by atoms with Crippen molar-refractivity contribution in [3.63, 3.8) is 0 Å². The molecule has 0 saturated heterocycles. The molecule has 5 nitrogen and oxygen atoms in total. The van der Waals surface area contributed by atoms with Crippen LogP contribution >= 0.6 is 0 Å². The number of nitrogens with one attached hydrogen (secondary N) is 1. The number of hydrogen-bond acceptors (Lipinski definition) is 4. The third-order valence-corrected chi connectivity index (χ3v) is 3.88. The summed E-state index contributed by atoms with van der Waals surface area (Å²) in [6.07, 6.45) is 1.41. The van der Waals surface area contributed by atoms with Crippen LogP contribution < -0.4 is 10.2 Å². The molecule has 0 fully saturated rings. The molecule has 2 rings (SSSR count). The highest BCUT2D eigenvalue weighted by Crippen LogP contribution is 2.25. The standard InChI is InChI=1S/C19H22N2O3/c1-12-8-9-14(3)19(15(12)4)24-11-17(22)21-20-10-16-7-5-6-13(2)18(16)23/h5-10,23H,11H2,1-4H3,(H,21,22)/b20-10+. The van der Waals surface area contributed by atoms with E-state index in [2.05, 4.69) is 10.5 Å². The molecule has 0 aliphatic heterocycles. The fraction of sp³-hybridized carbons (Fsp3) is 0.263. The first kappa shape index (κ1) is 17.5. The van der Waals surface area contributed by atoms with Gasteiger partial charge in [-0.15, -0.1) is 0 Å². The smallest absolute Gasteiger partial charge is 0.277 e. The van der Waals surface area contributed by atoms with Crippen molar-refractivity contribution in [2.45, 2.75) is 27.7 Å². The molecule has 0 aromatic heterocycles. The maximum atomic E-state index is 11.9. The van der Waals surface area contributed by atoms with Gasteiger partial charge in [-0.05, 0) is 56.0 Å². The molecule has 0 spiro atoms. The summed E-state index contributed by atoms with van der Waals surface area (Å²) in [4.78, 5) is 11.9. The van der Waals surface area contributed by atoms with Gasteiger partial charge < -0.3 is 9.84 Å². The van der Waals surface area contributed by atoms with E-state index in [0.717, 1.165) is 28.0 Å². The Kier molecular flexibility index (Phi) is 5.58. The lowest BCUT2D eigenvalue weighted by Gasteiger charge is -2.13. The Morgan fingerprint density at radius 1 is 1.12 bits per heavy atom. The number of phenolic OH excluding ortho intramolecular Hbond substituents is 1. The summed E-state index contributed by atoms with van der Waals surface area (Å²) < 4.78 is 5.62. The predicted octanol–water partition coefficient (Wildman–Crippen LogP) is 3.15. The summed E-state index contributed by atoms with van der Waals surface area (Å²) in [5, 5.41) is 13.7. The predicted molar refractivity (Wildman–Crippen MR) is 94.7 cm³/mol. The van der Waals surface area contributed by atoms with E-state index >= 15 is 0 Å². The average Bonchev–Trinajstić information content (AvgIpc) is 2.55. The quantitative estimate of drug-likeness (QED) is 0.655. The number of phenols is 1. The highest BCUT2D eigenvalue weighted by Gasteiger charge is 2.09. The van der Waals surface area contributed by atoms with Crippen molar-refractivity contribution < 1.29 is 14.6 Å². The van der Waals surface area contributed by atoms with Gasteiger partial charge in [0.05, 0.1) is 6.21 Å². The SMILES string of the molecule is Cc1ccc(C)c(OCC(=O)N/N=C/c2cccc(C)c2O)c1C. The van der Waals surface area contributed by atoms with E-state index in [1.54, 1.807) is 19.1 Å². The molecule has 0 atom stereocenters. The van der Waals surface area contributed by atoms with Gasteiger partial charge in [0.2, 0.25) is 0 Å². The molecule has 126 valence electrons. The summed E-state index contributed by atoms with van der Waals surface area (Å²) in [5.74, 6) is 0.516. The first-order valence-electron chi connectivity index (χ1n) is 7.70. The number of amides is 1. The Bertz CT molecular complexity index is 782. The first-order valence-corrected chi connectivity index (χ1v) is 7.70. The van der Waals surface area contributed by atoms with E-state index in [0.29, 0.717) is 5.56 Å². The van der Waals surface area contributed by atoms with Crippen molar-refractivity contribution in [2.24, 2.45) is 5.10 Å². The summed E-state index contributed by atoms with van der Waals surface area (Å²) in [7, 11) is 0. The Morgan fingerprint density at radius 2 is 1.83 bits per heavy atom. The van der Waals surface area contributed by atoms with Crippen LogP contribution in [0.4, 0.5) is 0 Å². The minimum atomic E-state index is -0.362. The fourth-order valence-corrected chi connectivity index (χ4v) is 2.28. The summed E-state index contributed by atoms with van der Waals surface area (Å²) in [6, 6.07) is 9.31. The van der Waals surface area contributed by atoms with Crippen LogP contribution in [0.3, 0.4) is 0 Å². The van der Waals surface area contributed by atoms with Crippen LogP contribution in [0.1, 0.15) is 27.8 Å². The second-order valence-corrected chi connectivity index (χ2v) is 5.75. The second kappa shape index (κ2) is 7.64. The van der Waals surface area contributed by atoms with Crippen LogP contribution in [0.2, 0.25) is 0 Å². The van der Waals surface area contributed by atoms with E-state index in [9.17, 15) is 9.90 Å². The summed E-state index contributed by atoms with van der Waals surface area (Å²) in [5.41, 5.74) is 6.81. The monoisotopic (exact) mass is 326 g/mol. The van der Waals surface area contributed by atoms with Gasteiger partial charge in [0.1, 0.15) is 11.5 Å². The maximum absolute atomic E-state index is 11.9. The lowest BCUT2D eigenvalue weighted by molar-refractivity contribution is -0.123. The van der Waals surface area contributed by atoms with Crippen LogP contribution in [0.25, 0.3) is 0 Å². The summed E-state index contributed by atoms with van der Waals surface area (Å²) in [6.45, 7) is 7.58. The number of hydrazone groups is 1. The molecule has 5 heteroatoms. The number of carbonyl (C=O) groups is 1. The third kappa shape index (κ3) is 4.13. The van der Waals surface area contributed by atoms with E-state index < -0.39 is 0 Å². The number of ether oxygens (including phenoxy) is 1. The number of benzene rings is 2. The number of carbonyl (C=O) groups excluding carboxylic acids is 1. The van der Waals surface area contributed by atoms with Gasteiger partial charge in [-0.2, -0.15) is 5.10 Å². The second-order valence-electron chi connectivity index (χ2n) is 5.75. The molecular weight excluding hydrogens is 304 g/mol. The topological polar surface area (TPSA) is 70.9 Å². The van der Waals surface area contributed by atoms with Gasteiger partial charge in [0, 0.05) is 5.56 Å². The Balaban J connectivity index is 1.94. The van der Waals surface area contributed by atoms with Gasteiger partial charge in [-0.3, -0.25) is 4.79 Å². The molecule has 0 bridgehead atoms. The van der Waals surface area contributed by atoms with Crippen molar-refractivity contribution in [2.75, 3.05) is 6.61 Å². The molecule has 0 aliphatic rings. The number of nitrogens with zero attached hydrogens (tertiary/aromatic N) is 1. The minimum Gasteiger partial charge on any atom is -0.507 e. The lowest BCUT2D eigenvalue weighted by atomic mass is 10.1. The molecular formula is C19H22N2O3. The van der Waals surface area contributed by atoms with Crippen LogP contribution in [-0.2, 0) is 4.79 Å². The van der Waals surface area contributed by atoms with Crippen LogP contribution in [0.5, 0.6) is 11.5 Å². The molecule has 2 aromatic carbocycles. The van der Waals surface area contributed by atoms with Crippen LogP contribution in [-0.4, -0.2) is 23.8 Å². The molecule has 2 aromatic rings. The first-order chi connectivity index (χ1) is 11.4. The minimum absolute atomic E-state index is 0.123. The van der Waals surface area contributed by atoms with Gasteiger partial charge in [-0.25, -0.2) is 5.43 Å². The highest BCUT2D eigenvalue weighted by molar-refractivity contribution is 5.85. The van der Waals surface area contributed by atoms with Gasteiger partial charge >= 0.3 is 0 Å². The van der Waals surface area contributed by atoms with E-state index in [-0.39, 0.29) is 18.3 Å². The maximum Gasteiger partial charge on any atom is 0.277 e. The zero-order valence-corrected chi connectivity index (χ0v) is 14.4. The Labute approximate surface area is 142 Å². The number of hydrogen-bond donors (Lipinski definition) is 2. The molecule has 24 heavy (non-hydrogen) atoms. The Hall–Kier alpha value is -2.82. The summed E-state index contributed by atoms with van der Waals surface area (Å²) >= 11 is 0. The normalized spacial score (nSPS) is 10.8. The lowest BCUT2D eigenvalue weighted by Crippen LogP contribution is -2.25. The van der Waals surface area contributed by atoms with E-state index in [4.69, 9.17) is 4.74 Å². The van der Waals surface area contributed by atoms with Crippen molar-refractivity contribution in [3.05, 3.63) is 58.1 Å². The molecule has 0 saturated carbocycles.